The summed E-state index contributed by atoms with van der Waals surface area (Å²) in [6.07, 6.45) is 2.76. The number of aliphatic hydroxyl groups excluding tert-OH is 1. The van der Waals surface area contributed by atoms with Gasteiger partial charge in [0.1, 0.15) is 0 Å². The summed E-state index contributed by atoms with van der Waals surface area (Å²) in [4.78, 5) is 23.6. The fraction of sp³-hybridized carbons (Fsp3) is 0.333. The van der Waals surface area contributed by atoms with E-state index in [1.165, 1.54) is 7.11 Å². The summed E-state index contributed by atoms with van der Waals surface area (Å²) in [7, 11) is 1.32. The number of allylic oxidation sites excluding steroid dienone is 2. The fourth-order valence-corrected chi connectivity index (χ4v) is 2.68. The molecule has 0 amide bonds. The van der Waals surface area contributed by atoms with Crippen molar-refractivity contribution in [1.29, 1.82) is 0 Å². The lowest BCUT2D eigenvalue weighted by Gasteiger charge is -2.20. The Morgan fingerprint density at radius 3 is 2.90 bits per heavy atom. The molecule has 0 spiro atoms. The Kier molecular flexibility index (Phi) is 5.14. The average Bonchev–Trinajstić information content (AvgIpc) is 2.50. The highest BCUT2D eigenvalue weighted by atomic mass is 79.9. The van der Waals surface area contributed by atoms with Crippen molar-refractivity contribution in [2.75, 3.05) is 19.0 Å². The number of Topliss-reactive ketones (excluding diaryl/α,β-unsaturated/α-hetero) is 1. The van der Waals surface area contributed by atoms with Gasteiger partial charge in [0.05, 0.1) is 28.5 Å². The summed E-state index contributed by atoms with van der Waals surface area (Å²) >= 11 is 3.35. The van der Waals surface area contributed by atoms with Gasteiger partial charge in [-0.15, -0.1) is 0 Å². The van der Waals surface area contributed by atoms with Gasteiger partial charge in [-0.1, -0.05) is 12.1 Å². The van der Waals surface area contributed by atoms with Gasteiger partial charge in [0.25, 0.3) is 0 Å². The van der Waals surface area contributed by atoms with Crippen LogP contribution in [0.3, 0.4) is 0 Å². The number of hydrogen-bond donors (Lipinski definition) is 2. The van der Waals surface area contributed by atoms with Crippen LogP contribution in [0.2, 0.25) is 0 Å². The molecule has 1 aliphatic rings. The molecule has 1 aliphatic carbocycles. The van der Waals surface area contributed by atoms with Crippen LogP contribution in [-0.2, 0) is 9.53 Å². The molecule has 2 rings (SSSR count). The lowest BCUT2D eigenvalue weighted by atomic mass is 9.92. The number of aliphatic hydroxyl groups is 1. The molecular formula is C15H16BrNO4. The first kappa shape index (κ1) is 15.7. The number of carbonyl (C=O) groups is 2. The first-order valence-electron chi connectivity index (χ1n) is 6.55. The molecule has 0 heterocycles. The van der Waals surface area contributed by atoms with Crippen LogP contribution in [-0.4, -0.2) is 30.6 Å². The van der Waals surface area contributed by atoms with Crippen molar-refractivity contribution < 1.29 is 19.4 Å². The normalized spacial score (nSPS) is 18.1. The third-order valence-corrected chi connectivity index (χ3v) is 4.22. The molecule has 112 valence electrons. The summed E-state index contributed by atoms with van der Waals surface area (Å²) in [6, 6.07) is 5.12. The molecule has 0 fully saturated rings. The molecule has 0 aliphatic heterocycles. The Morgan fingerprint density at radius 2 is 2.29 bits per heavy atom. The molecule has 1 aromatic carbocycles. The van der Waals surface area contributed by atoms with Gasteiger partial charge in [0.2, 0.25) is 0 Å². The minimum atomic E-state index is -0.449. The largest absolute Gasteiger partial charge is 0.465 e. The van der Waals surface area contributed by atoms with E-state index in [2.05, 4.69) is 21.2 Å². The number of benzene rings is 1. The molecule has 21 heavy (non-hydrogen) atoms. The van der Waals surface area contributed by atoms with Crippen LogP contribution in [0.5, 0.6) is 0 Å². The number of anilines is 1. The number of rotatable bonds is 4. The molecule has 5 nitrogen and oxygen atoms in total. The van der Waals surface area contributed by atoms with Gasteiger partial charge in [-0.3, -0.25) is 4.79 Å². The van der Waals surface area contributed by atoms with Gasteiger partial charge >= 0.3 is 5.97 Å². The smallest absolute Gasteiger partial charge is 0.339 e. The van der Waals surface area contributed by atoms with Gasteiger partial charge < -0.3 is 15.2 Å². The second-order valence-electron chi connectivity index (χ2n) is 4.81. The first-order chi connectivity index (χ1) is 10.1. The van der Waals surface area contributed by atoms with Crippen LogP contribution >= 0.6 is 15.9 Å². The summed E-state index contributed by atoms with van der Waals surface area (Å²) in [6.45, 7) is 0.0110. The fourth-order valence-electron chi connectivity index (χ4n) is 2.15. The zero-order chi connectivity index (χ0) is 15.4. The SMILES string of the molecule is COC(=O)c1cccc(NC2=CCC(CO)CC2=O)c1Br. The minimum absolute atomic E-state index is 0.00658. The third-order valence-electron chi connectivity index (χ3n) is 3.36. The van der Waals surface area contributed by atoms with Crippen molar-refractivity contribution in [3.05, 3.63) is 40.0 Å². The van der Waals surface area contributed by atoms with E-state index in [9.17, 15) is 9.59 Å². The van der Waals surface area contributed by atoms with E-state index in [1.807, 2.05) is 0 Å². The highest BCUT2D eigenvalue weighted by Crippen LogP contribution is 2.30. The zero-order valence-corrected chi connectivity index (χ0v) is 13.1. The van der Waals surface area contributed by atoms with Crippen LogP contribution in [0.25, 0.3) is 0 Å². The van der Waals surface area contributed by atoms with E-state index in [0.717, 1.165) is 0 Å². The Balaban J connectivity index is 2.23. The Bertz CT molecular complexity index is 597. The molecule has 2 N–H and O–H groups in total. The van der Waals surface area contributed by atoms with E-state index in [-0.39, 0.29) is 18.3 Å². The van der Waals surface area contributed by atoms with Crippen LogP contribution in [0, 0.1) is 5.92 Å². The van der Waals surface area contributed by atoms with Crippen LogP contribution in [0.15, 0.2) is 34.4 Å². The number of methoxy groups -OCH3 is 1. The van der Waals surface area contributed by atoms with Gasteiger partial charge in [-0.05, 0) is 40.4 Å². The average molecular weight is 354 g/mol. The minimum Gasteiger partial charge on any atom is -0.465 e. The highest BCUT2D eigenvalue weighted by molar-refractivity contribution is 9.10. The number of esters is 1. The summed E-state index contributed by atoms with van der Waals surface area (Å²) in [5, 5.41) is 12.1. The highest BCUT2D eigenvalue weighted by Gasteiger charge is 2.22. The second kappa shape index (κ2) is 6.87. The van der Waals surface area contributed by atoms with Gasteiger partial charge in [0, 0.05) is 13.0 Å². The third kappa shape index (κ3) is 3.51. The molecular weight excluding hydrogens is 338 g/mol. The number of nitrogens with one attached hydrogen (secondary N) is 1. The maximum atomic E-state index is 12.0. The molecule has 0 radical (unpaired) electrons. The first-order valence-corrected chi connectivity index (χ1v) is 7.34. The number of ketones is 1. The van der Waals surface area contributed by atoms with Crippen LogP contribution in [0.1, 0.15) is 23.2 Å². The van der Waals surface area contributed by atoms with Crippen molar-refractivity contribution in [3.8, 4) is 0 Å². The molecule has 1 aromatic rings. The number of hydrogen-bond acceptors (Lipinski definition) is 5. The number of ether oxygens (including phenoxy) is 1. The van der Waals surface area contributed by atoms with E-state index < -0.39 is 5.97 Å². The molecule has 1 atom stereocenters. The molecule has 0 saturated carbocycles. The molecule has 0 bridgehead atoms. The van der Waals surface area contributed by atoms with Crippen LogP contribution in [0.4, 0.5) is 5.69 Å². The van der Waals surface area contributed by atoms with Crippen molar-refractivity contribution in [2.45, 2.75) is 12.8 Å². The number of carbonyl (C=O) groups excluding carboxylic acids is 2. The molecule has 1 unspecified atom stereocenters. The summed E-state index contributed by atoms with van der Waals surface area (Å²) < 4.78 is 5.26. The van der Waals surface area contributed by atoms with E-state index in [1.54, 1.807) is 24.3 Å². The standard InChI is InChI=1S/C15H16BrNO4/c1-21-15(20)10-3-2-4-12(14(10)16)17-11-6-5-9(8-18)7-13(11)19/h2-4,6,9,17-18H,5,7-8H2,1H3. The van der Waals surface area contributed by atoms with Gasteiger partial charge in [0.15, 0.2) is 5.78 Å². The van der Waals surface area contributed by atoms with Crippen LogP contribution < -0.4 is 5.32 Å². The Morgan fingerprint density at radius 1 is 1.52 bits per heavy atom. The van der Waals surface area contributed by atoms with Crippen molar-refractivity contribution in [2.24, 2.45) is 5.92 Å². The lowest BCUT2D eigenvalue weighted by Crippen LogP contribution is -2.22. The van der Waals surface area contributed by atoms with Crippen molar-refractivity contribution in [3.63, 3.8) is 0 Å². The lowest BCUT2D eigenvalue weighted by molar-refractivity contribution is -0.117. The quantitative estimate of drug-likeness (QED) is 0.813. The molecule has 0 saturated heterocycles. The summed E-state index contributed by atoms with van der Waals surface area (Å²) in [5.41, 5.74) is 1.50. The van der Waals surface area contributed by atoms with Crippen molar-refractivity contribution >= 4 is 33.4 Å². The van der Waals surface area contributed by atoms with Gasteiger partial charge in [-0.25, -0.2) is 4.79 Å². The maximum absolute atomic E-state index is 12.0. The van der Waals surface area contributed by atoms with E-state index in [4.69, 9.17) is 9.84 Å². The molecule has 6 heteroatoms. The monoisotopic (exact) mass is 353 g/mol. The van der Waals surface area contributed by atoms with Gasteiger partial charge in [-0.2, -0.15) is 0 Å². The second-order valence-corrected chi connectivity index (χ2v) is 5.61. The van der Waals surface area contributed by atoms with E-state index >= 15 is 0 Å². The predicted molar refractivity (Wildman–Crippen MR) is 82.0 cm³/mol. The molecule has 0 aromatic heterocycles. The summed E-state index contributed by atoms with van der Waals surface area (Å²) in [5.74, 6) is -0.501. The Labute approximate surface area is 131 Å². The van der Waals surface area contributed by atoms with E-state index in [0.29, 0.717) is 34.3 Å². The Hall–Kier alpha value is -1.66. The van der Waals surface area contributed by atoms with Crippen molar-refractivity contribution in [1.82, 2.24) is 0 Å². The topological polar surface area (TPSA) is 75.6 Å². The number of halogens is 1. The predicted octanol–water partition coefficient (Wildman–Crippen LogP) is 2.50. The zero-order valence-electron chi connectivity index (χ0n) is 11.6. The maximum Gasteiger partial charge on any atom is 0.339 e.